The standard InChI is InChI=1S/C11H23N3/c1-13-7-10(8-13)3-2-5-14-6-4-11(12)9-14/h10-11H,2-9,12H2,1H3. The van der Waals surface area contributed by atoms with Crippen LogP contribution >= 0.6 is 0 Å². The van der Waals surface area contributed by atoms with Gasteiger partial charge < -0.3 is 15.5 Å². The fourth-order valence-corrected chi connectivity index (χ4v) is 2.68. The van der Waals surface area contributed by atoms with Crippen molar-refractivity contribution in [1.29, 1.82) is 0 Å². The normalized spacial score (nSPS) is 30.9. The van der Waals surface area contributed by atoms with E-state index in [9.17, 15) is 0 Å². The maximum absolute atomic E-state index is 5.86. The molecule has 0 spiro atoms. The van der Waals surface area contributed by atoms with Gasteiger partial charge in [0.2, 0.25) is 0 Å². The van der Waals surface area contributed by atoms with Crippen LogP contribution in [0.5, 0.6) is 0 Å². The summed E-state index contributed by atoms with van der Waals surface area (Å²) in [6.45, 7) is 6.27. The van der Waals surface area contributed by atoms with Gasteiger partial charge in [-0.05, 0) is 45.3 Å². The van der Waals surface area contributed by atoms with Crippen molar-refractivity contribution in [2.45, 2.75) is 25.3 Å². The van der Waals surface area contributed by atoms with E-state index in [1.54, 1.807) is 0 Å². The molecule has 0 aliphatic carbocycles. The molecule has 2 fully saturated rings. The molecule has 3 nitrogen and oxygen atoms in total. The maximum atomic E-state index is 5.86. The second kappa shape index (κ2) is 4.60. The molecule has 0 aromatic rings. The maximum Gasteiger partial charge on any atom is 0.0180 e. The quantitative estimate of drug-likeness (QED) is 0.706. The zero-order valence-corrected chi connectivity index (χ0v) is 9.28. The SMILES string of the molecule is CN1CC(CCCN2CCC(N)C2)C1. The average Bonchev–Trinajstić information content (AvgIpc) is 2.48. The topological polar surface area (TPSA) is 32.5 Å². The molecule has 2 heterocycles. The third kappa shape index (κ3) is 2.69. The molecule has 0 amide bonds. The summed E-state index contributed by atoms with van der Waals surface area (Å²) in [5.41, 5.74) is 5.86. The van der Waals surface area contributed by atoms with Gasteiger partial charge in [-0.25, -0.2) is 0 Å². The summed E-state index contributed by atoms with van der Waals surface area (Å²) in [4.78, 5) is 4.92. The highest BCUT2D eigenvalue weighted by atomic mass is 15.2. The van der Waals surface area contributed by atoms with Gasteiger partial charge in [0, 0.05) is 25.7 Å². The number of hydrogen-bond donors (Lipinski definition) is 1. The zero-order chi connectivity index (χ0) is 9.97. The van der Waals surface area contributed by atoms with E-state index in [2.05, 4.69) is 16.8 Å². The molecule has 2 N–H and O–H groups in total. The first-order chi connectivity index (χ1) is 6.74. The lowest BCUT2D eigenvalue weighted by Gasteiger charge is -2.36. The Balaban J connectivity index is 1.51. The van der Waals surface area contributed by atoms with Crippen molar-refractivity contribution in [3.63, 3.8) is 0 Å². The van der Waals surface area contributed by atoms with Crippen LogP contribution in [0.3, 0.4) is 0 Å². The van der Waals surface area contributed by atoms with Crippen molar-refractivity contribution in [1.82, 2.24) is 9.80 Å². The lowest BCUT2D eigenvalue weighted by molar-refractivity contribution is 0.121. The molecule has 0 bridgehead atoms. The van der Waals surface area contributed by atoms with Crippen molar-refractivity contribution < 1.29 is 0 Å². The van der Waals surface area contributed by atoms with Crippen LogP contribution in [0.25, 0.3) is 0 Å². The molecular formula is C11H23N3. The monoisotopic (exact) mass is 197 g/mol. The van der Waals surface area contributed by atoms with E-state index in [0.717, 1.165) is 12.5 Å². The first kappa shape index (κ1) is 10.4. The largest absolute Gasteiger partial charge is 0.326 e. The van der Waals surface area contributed by atoms with Crippen molar-refractivity contribution in [3.05, 3.63) is 0 Å². The highest BCUT2D eigenvalue weighted by Gasteiger charge is 2.23. The van der Waals surface area contributed by atoms with E-state index in [1.165, 1.54) is 45.4 Å². The Morgan fingerprint density at radius 3 is 2.64 bits per heavy atom. The van der Waals surface area contributed by atoms with Gasteiger partial charge in [-0.15, -0.1) is 0 Å². The molecule has 1 unspecified atom stereocenters. The van der Waals surface area contributed by atoms with Crippen LogP contribution < -0.4 is 5.73 Å². The summed E-state index contributed by atoms with van der Waals surface area (Å²) in [6, 6.07) is 0.449. The highest BCUT2D eigenvalue weighted by Crippen LogP contribution is 2.19. The van der Waals surface area contributed by atoms with Gasteiger partial charge in [0.1, 0.15) is 0 Å². The zero-order valence-electron chi connectivity index (χ0n) is 9.28. The predicted octanol–water partition coefficient (Wildman–Crippen LogP) is 0.361. The second-order valence-electron chi connectivity index (χ2n) is 5.08. The fourth-order valence-electron chi connectivity index (χ4n) is 2.68. The molecule has 0 radical (unpaired) electrons. The minimum Gasteiger partial charge on any atom is -0.326 e. The highest BCUT2D eigenvalue weighted by molar-refractivity contribution is 4.80. The van der Waals surface area contributed by atoms with E-state index in [0.29, 0.717) is 6.04 Å². The summed E-state index contributed by atoms with van der Waals surface area (Å²) < 4.78 is 0. The third-order valence-corrected chi connectivity index (χ3v) is 3.54. The molecule has 0 aromatic heterocycles. The number of hydrogen-bond acceptors (Lipinski definition) is 3. The lowest BCUT2D eigenvalue weighted by atomic mass is 9.95. The van der Waals surface area contributed by atoms with Gasteiger partial charge >= 0.3 is 0 Å². The van der Waals surface area contributed by atoms with Gasteiger partial charge in [0.05, 0.1) is 0 Å². The van der Waals surface area contributed by atoms with E-state index >= 15 is 0 Å². The molecule has 82 valence electrons. The molecule has 0 saturated carbocycles. The molecular weight excluding hydrogens is 174 g/mol. The Labute approximate surface area is 87.2 Å². The summed E-state index contributed by atoms with van der Waals surface area (Å²) >= 11 is 0. The number of nitrogens with zero attached hydrogens (tertiary/aromatic N) is 2. The molecule has 2 aliphatic rings. The van der Waals surface area contributed by atoms with E-state index in [-0.39, 0.29) is 0 Å². The molecule has 0 aromatic carbocycles. The Bertz CT molecular complexity index is 177. The lowest BCUT2D eigenvalue weighted by Crippen LogP contribution is -2.43. The smallest absolute Gasteiger partial charge is 0.0180 e. The van der Waals surface area contributed by atoms with Crippen molar-refractivity contribution in [2.24, 2.45) is 11.7 Å². The number of rotatable bonds is 4. The van der Waals surface area contributed by atoms with Crippen molar-refractivity contribution in [3.8, 4) is 0 Å². The average molecular weight is 197 g/mol. The molecule has 14 heavy (non-hydrogen) atoms. The van der Waals surface area contributed by atoms with Crippen LogP contribution in [0.4, 0.5) is 0 Å². The van der Waals surface area contributed by atoms with E-state index in [1.807, 2.05) is 0 Å². The van der Waals surface area contributed by atoms with Gasteiger partial charge in [-0.1, -0.05) is 0 Å². The molecule has 2 saturated heterocycles. The van der Waals surface area contributed by atoms with E-state index in [4.69, 9.17) is 5.73 Å². The van der Waals surface area contributed by atoms with Gasteiger partial charge in [-0.3, -0.25) is 0 Å². The van der Waals surface area contributed by atoms with Crippen LogP contribution in [0.2, 0.25) is 0 Å². The minimum atomic E-state index is 0.449. The first-order valence-corrected chi connectivity index (χ1v) is 5.90. The summed E-state index contributed by atoms with van der Waals surface area (Å²) in [5, 5.41) is 0. The van der Waals surface area contributed by atoms with Gasteiger partial charge in [0.15, 0.2) is 0 Å². The van der Waals surface area contributed by atoms with Crippen LogP contribution in [0, 0.1) is 5.92 Å². The Morgan fingerprint density at radius 1 is 1.29 bits per heavy atom. The van der Waals surface area contributed by atoms with Crippen molar-refractivity contribution >= 4 is 0 Å². The van der Waals surface area contributed by atoms with Crippen LogP contribution in [-0.2, 0) is 0 Å². The Morgan fingerprint density at radius 2 is 2.07 bits per heavy atom. The summed E-state index contributed by atoms with van der Waals surface area (Å²) in [5.74, 6) is 0.983. The van der Waals surface area contributed by atoms with Crippen LogP contribution in [0.1, 0.15) is 19.3 Å². The summed E-state index contributed by atoms with van der Waals surface area (Å²) in [7, 11) is 2.20. The van der Waals surface area contributed by atoms with E-state index < -0.39 is 0 Å². The third-order valence-electron chi connectivity index (χ3n) is 3.54. The van der Waals surface area contributed by atoms with Gasteiger partial charge in [-0.2, -0.15) is 0 Å². The van der Waals surface area contributed by atoms with Crippen LogP contribution in [0.15, 0.2) is 0 Å². The Kier molecular flexibility index (Phi) is 3.42. The summed E-state index contributed by atoms with van der Waals surface area (Å²) in [6.07, 6.45) is 3.98. The second-order valence-corrected chi connectivity index (χ2v) is 5.08. The van der Waals surface area contributed by atoms with Crippen molar-refractivity contribution in [2.75, 3.05) is 39.8 Å². The predicted molar refractivity (Wildman–Crippen MR) is 59.3 cm³/mol. The fraction of sp³-hybridized carbons (Fsp3) is 1.00. The Hall–Kier alpha value is -0.120. The number of nitrogens with two attached hydrogens (primary N) is 1. The molecule has 2 aliphatic heterocycles. The molecule has 2 rings (SSSR count). The first-order valence-electron chi connectivity index (χ1n) is 5.90. The van der Waals surface area contributed by atoms with Gasteiger partial charge in [0.25, 0.3) is 0 Å². The number of likely N-dealkylation sites (tertiary alicyclic amines) is 2. The van der Waals surface area contributed by atoms with Crippen LogP contribution in [-0.4, -0.2) is 55.6 Å². The molecule has 1 atom stereocenters. The minimum absolute atomic E-state index is 0.449. The molecule has 3 heteroatoms.